The second-order valence-electron chi connectivity index (χ2n) is 3.54. The number of phenolic OH excluding ortho intramolecular Hbond substituents is 1. The lowest BCUT2D eigenvalue weighted by atomic mass is 10.3. The van der Waals surface area contributed by atoms with Crippen LogP contribution in [0.3, 0.4) is 0 Å². The minimum Gasteiger partial charge on any atom is -0.506 e. The number of sulfonamides is 1. The summed E-state index contributed by atoms with van der Waals surface area (Å²) in [4.78, 5) is 7.24. The molecule has 0 aliphatic carbocycles. The fourth-order valence-electron chi connectivity index (χ4n) is 1.29. The lowest BCUT2D eigenvalue weighted by Gasteiger charge is -2.08. The molecule has 0 radical (unpaired) electrons. The average molecular weight is 301 g/mol. The molecule has 4 N–H and O–H groups in total. The number of halogens is 1. The maximum Gasteiger partial charge on any atom is 0.263 e. The van der Waals surface area contributed by atoms with Crippen LogP contribution in [0.2, 0.25) is 5.28 Å². The Bertz CT molecular complexity index is 720. The van der Waals surface area contributed by atoms with Gasteiger partial charge in [-0.1, -0.05) is 0 Å². The Morgan fingerprint density at radius 1 is 1.32 bits per heavy atom. The second kappa shape index (κ2) is 4.90. The van der Waals surface area contributed by atoms with E-state index in [9.17, 15) is 13.5 Å². The summed E-state index contributed by atoms with van der Waals surface area (Å²) in [5.41, 5.74) is 5.41. The highest BCUT2D eigenvalue weighted by atomic mass is 35.5. The third-order valence-electron chi connectivity index (χ3n) is 2.17. The summed E-state index contributed by atoms with van der Waals surface area (Å²) >= 11 is 5.56. The van der Waals surface area contributed by atoms with Crippen LogP contribution in [-0.2, 0) is 10.0 Å². The molecular formula is C10H9ClN4O3S. The van der Waals surface area contributed by atoms with Gasteiger partial charge in [-0.05, 0) is 35.9 Å². The van der Waals surface area contributed by atoms with Gasteiger partial charge in [0.15, 0.2) is 0 Å². The molecule has 0 bridgehead atoms. The number of benzene rings is 1. The molecule has 0 atom stereocenters. The van der Waals surface area contributed by atoms with Crippen LogP contribution in [0.1, 0.15) is 0 Å². The maximum atomic E-state index is 12.0. The normalized spacial score (nSPS) is 11.2. The Kier molecular flexibility index (Phi) is 3.45. The fourth-order valence-corrected chi connectivity index (χ4v) is 2.47. The molecule has 0 spiro atoms. The lowest BCUT2D eigenvalue weighted by Crippen LogP contribution is -2.14. The Balaban J connectivity index is 2.35. The van der Waals surface area contributed by atoms with E-state index in [4.69, 9.17) is 17.3 Å². The molecule has 7 nitrogen and oxygen atoms in total. The number of aromatic nitrogens is 2. The Hall–Kier alpha value is -2.06. The highest BCUT2D eigenvalue weighted by Gasteiger charge is 2.16. The van der Waals surface area contributed by atoms with Crippen molar-refractivity contribution in [1.82, 2.24) is 9.97 Å². The predicted octanol–water partition coefficient (Wildman–Crippen LogP) is 1.22. The molecule has 0 aliphatic rings. The number of anilines is 2. The highest BCUT2D eigenvalue weighted by Crippen LogP contribution is 2.24. The van der Waals surface area contributed by atoms with Crippen molar-refractivity contribution >= 4 is 33.1 Å². The number of hydrogen-bond donors (Lipinski definition) is 3. The number of nitrogen functional groups attached to an aromatic ring is 1. The quantitative estimate of drug-likeness (QED) is 0.445. The first-order valence-electron chi connectivity index (χ1n) is 4.98. The molecule has 2 aromatic rings. The second-order valence-corrected chi connectivity index (χ2v) is 5.56. The van der Waals surface area contributed by atoms with Gasteiger partial charge in [0.1, 0.15) is 11.6 Å². The number of nitrogens with one attached hydrogen (secondary N) is 1. The highest BCUT2D eigenvalue weighted by molar-refractivity contribution is 7.92. The van der Waals surface area contributed by atoms with Crippen LogP contribution in [0.5, 0.6) is 5.75 Å². The summed E-state index contributed by atoms with van der Waals surface area (Å²) in [6.45, 7) is 0. The van der Waals surface area contributed by atoms with Crippen molar-refractivity contribution in [2.24, 2.45) is 0 Å². The minimum absolute atomic E-state index is 0.0339. The summed E-state index contributed by atoms with van der Waals surface area (Å²) in [5.74, 6) is -0.157. The van der Waals surface area contributed by atoms with Crippen molar-refractivity contribution < 1.29 is 13.5 Å². The van der Waals surface area contributed by atoms with E-state index in [1.54, 1.807) is 0 Å². The van der Waals surface area contributed by atoms with E-state index < -0.39 is 10.0 Å². The third kappa shape index (κ3) is 3.04. The minimum atomic E-state index is -3.86. The molecule has 100 valence electrons. The fraction of sp³-hybridized carbons (Fsp3) is 0. The lowest BCUT2D eigenvalue weighted by molar-refractivity contribution is 0.477. The summed E-state index contributed by atoms with van der Waals surface area (Å²) in [6.07, 6.45) is 1.32. The number of rotatable bonds is 3. The molecule has 2 rings (SSSR count). The van der Waals surface area contributed by atoms with Gasteiger partial charge in [-0.25, -0.2) is 13.4 Å². The van der Waals surface area contributed by atoms with Crippen LogP contribution in [0.15, 0.2) is 35.4 Å². The Labute approximate surface area is 114 Å². The van der Waals surface area contributed by atoms with Gasteiger partial charge >= 0.3 is 0 Å². The van der Waals surface area contributed by atoms with Gasteiger partial charge in [0, 0.05) is 6.20 Å². The monoisotopic (exact) mass is 300 g/mol. The summed E-state index contributed by atoms with van der Waals surface area (Å²) in [5, 5.41) is 9.18. The van der Waals surface area contributed by atoms with Gasteiger partial charge in [-0.3, -0.25) is 4.72 Å². The van der Waals surface area contributed by atoms with Gasteiger partial charge < -0.3 is 10.8 Å². The van der Waals surface area contributed by atoms with Crippen molar-refractivity contribution in [1.29, 1.82) is 0 Å². The molecule has 0 unspecified atom stereocenters. The van der Waals surface area contributed by atoms with Crippen LogP contribution in [0.25, 0.3) is 0 Å². The van der Waals surface area contributed by atoms with E-state index in [0.717, 1.165) is 6.07 Å². The number of phenols is 1. The van der Waals surface area contributed by atoms with Gasteiger partial charge in [-0.2, -0.15) is 4.98 Å². The first-order valence-corrected chi connectivity index (χ1v) is 6.84. The summed E-state index contributed by atoms with van der Waals surface area (Å²) in [7, 11) is -3.86. The van der Waals surface area contributed by atoms with E-state index >= 15 is 0 Å². The van der Waals surface area contributed by atoms with Gasteiger partial charge in [0.05, 0.1) is 10.6 Å². The zero-order valence-electron chi connectivity index (χ0n) is 9.41. The van der Waals surface area contributed by atoms with Gasteiger partial charge in [0.25, 0.3) is 10.0 Å². The van der Waals surface area contributed by atoms with Gasteiger partial charge in [0.2, 0.25) is 5.28 Å². The van der Waals surface area contributed by atoms with Crippen LogP contribution >= 0.6 is 11.6 Å². The number of nitrogens with two attached hydrogens (primary N) is 1. The first kappa shape index (κ1) is 13.4. The van der Waals surface area contributed by atoms with E-state index in [-0.39, 0.29) is 27.4 Å². The predicted molar refractivity (Wildman–Crippen MR) is 70.4 cm³/mol. The van der Waals surface area contributed by atoms with Crippen LogP contribution in [0, 0.1) is 0 Å². The average Bonchev–Trinajstić information content (AvgIpc) is 2.32. The largest absolute Gasteiger partial charge is 0.506 e. The smallest absolute Gasteiger partial charge is 0.263 e. The van der Waals surface area contributed by atoms with E-state index in [0.29, 0.717) is 0 Å². The molecule has 1 aromatic carbocycles. The van der Waals surface area contributed by atoms with Crippen molar-refractivity contribution in [3.8, 4) is 5.75 Å². The molecule has 0 amide bonds. The van der Waals surface area contributed by atoms with Crippen molar-refractivity contribution in [3.63, 3.8) is 0 Å². The number of nitrogens with zero attached hydrogens (tertiary/aromatic N) is 2. The molecule has 0 saturated carbocycles. The molecule has 19 heavy (non-hydrogen) atoms. The van der Waals surface area contributed by atoms with Crippen LogP contribution < -0.4 is 10.5 Å². The van der Waals surface area contributed by atoms with E-state index in [1.165, 1.54) is 24.4 Å². The zero-order chi connectivity index (χ0) is 14.0. The molecule has 0 saturated heterocycles. The van der Waals surface area contributed by atoms with E-state index in [2.05, 4.69) is 14.7 Å². The molecule has 1 aromatic heterocycles. The molecule has 1 heterocycles. The third-order valence-corrected chi connectivity index (χ3v) is 3.71. The number of hydrogen-bond acceptors (Lipinski definition) is 6. The van der Waals surface area contributed by atoms with Crippen molar-refractivity contribution in [3.05, 3.63) is 35.7 Å². The van der Waals surface area contributed by atoms with Crippen molar-refractivity contribution in [2.45, 2.75) is 4.90 Å². The summed E-state index contributed by atoms with van der Waals surface area (Å²) < 4.78 is 26.3. The summed E-state index contributed by atoms with van der Waals surface area (Å²) in [6, 6.07) is 4.90. The van der Waals surface area contributed by atoms with Crippen LogP contribution in [0.4, 0.5) is 11.5 Å². The molecular weight excluding hydrogens is 292 g/mol. The molecule has 0 aliphatic heterocycles. The first-order chi connectivity index (χ1) is 8.88. The molecule has 0 fully saturated rings. The maximum absolute atomic E-state index is 12.0. The standard InChI is InChI=1S/C10H9ClN4O3S/c11-10-13-4-3-9(14-10)15-19(17,18)6-1-2-8(16)7(12)5-6/h1-5,16H,12H2,(H,13,14,15). The molecule has 9 heteroatoms. The van der Waals surface area contributed by atoms with E-state index in [1.807, 2.05) is 0 Å². The van der Waals surface area contributed by atoms with Crippen molar-refractivity contribution in [2.75, 3.05) is 10.5 Å². The number of aromatic hydroxyl groups is 1. The Morgan fingerprint density at radius 2 is 2.05 bits per heavy atom. The van der Waals surface area contributed by atoms with Crippen LogP contribution in [-0.4, -0.2) is 23.5 Å². The zero-order valence-corrected chi connectivity index (χ0v) is 11.0. The SMILES string of the molecule is Nc1cc(S(=O)(=O)Nc2ccnc(Cl)n2)ccc1O. The Morgan fingerprint density at radius 3 is 2.68 bits per heavy atom. The topological polar surface area (TPSA) is 118 Å². The van der Waals surface area contributed by atoms with Gasteiger partial charge in [-0.15, -0.1) is 0 Å².